The quantitative estimate of drug-likeness (QED) is 0.402. The average Bonchev–Trinajstić information content (AvgIpc) is 2.72. The summed E-state index contributed by atoms with van der Waals surface area (Å²) in [5.41, 5.74) is -0.121. The molecular weight excluding hydrogens is 453 g/mol. The van der Waals surface area contributed by atoms with Gasteiger partial charge in [0, 0.05) is 12.2 Å². The van der Waals surface area contributed by atoms with E-state index in [0.717, 1.165) is 18.2 Å². The number of hydrogen-bond acceptors (Lipinski definition) is 6. The summed E-state index contributed by atoms with van der Waals surface area (Å²) in [5, 5.41) is 4.05. The first-order valence-electron chi connectivity index (χ1n) is 8.56. The number of ether oxygens (including phenoxy) is 1. The summed E-state index contributed by atoms with van der Waals surface area (Å²) < 4.78 is 45.2. The van der Waals surface area contributed by atoms with Crippen LogP contribution in [0.15, 0.2) is 60.0 Å². The number of amides is 3. The van der Waals surface area contributed by atoms with Crippen molar-refractivity contribution in [3.63, 3.8) is 0 Å². The van der Waals surface area contributed by atoms with Crippen molar-refractivity contribution in [3.05, 3.63) is 71.5 Å². The molecule has 9 nitrogen and oxygen atoms in total. The fourth-order valence-corrected chi connectivity index (χ4v) is 3.74. The number of anilines is 1. The Labute approximate surface area is 182 Å². The minimum absolute atomic E-state index is 0.0804. The Morgan fingerprint density at radius 3 is 2.45 bits per heavy atom. The van der Waals surface area contributed by atoms with Gasteiger partial charge in [0.15, 0.2) is 6.61 Å². The zero-order chi connectivity index (χ0) is 23.0. The van der Waals surface area contributed by atoms with Crippen LogP contribution >= 0.6 is 11.6 Å². The van der Waals surface area contributed by atoms with Crippen molar-refractivity contribution >= 4 is 45.2 Å². The molecule has 0 spiro atoms. The molecule has 3 N–H and O–H groups in total. The van der Waals surface area contributed by atoms with Crippen LogP contribution in [-0.2, 0) is 19.6 Å². The number of halogens is 2. The third-order valence-electron chi connectivity index (χ3n) is 3.55. The largest absolute Gasteiger partial charge is 0.452 e. The lowest BCUT2D eigenvalue weighted by atomic mass is 10.2. The summed E-state index contributed by atoms with van der Waals surface area (Å²) in [6.07, 6.45) is 1.40. The molecule has 0 fully saturated rings. The number of rotatable bonds is 8. The number of nitrogens with one attached hydrogen (secondary N) is 3. The van der Waals surface area contributed by atoms with Crippen molar-refractivity contribution in [2.24, 2.45) is 0 Å². The molecule has 164 valence electrons. The van der Waals surface area contributed by atoms with Crippen LogP contribution in [0.5, 0.6) is 0 Å². The van der Waals surface area contributed by atoms with Gasteiger partial charge >= 0.3 is 12.0 Å². The molecule has 0 atom stereocenters. The van der Waals surface area contributed by atoms with Crippen LogP contribution in [0.3, 0.4) is 0 Å². The van der Waals surface area contributed by atoms with E-state index in [0.29, 0.717) is 0 Å². The van der Waals surface area contributed by atoms with Gasteiger partial charge in [0.2, 0.25) is 0 Å². The smallest absolute Gasteiger partial charge is 0.338 e. The molecule has 31 heavy (non-hydrogen) atoms. The van der Waals surface area contributed by atoms with Gasteiger partial charge in [0.05, 0.1) is 10.6 Å². The number of hydrogen-bond donors (Lipinski definition) is 3. The van der Waals surface area contributed by atoms with E-state index in [1.807, 2.05) is 5.32 Å². The fraction of sp³-hybridized carbons (Fsp3) is 0.105. The predicted octanol–water partition coefficient (Wildman–Crippen LogP) is 2.45. The zero-order valence-corrected chi connectivity index (χ0v) is 17.4. The lowest BCUT2D eigenvalue weighted by Crippen LogP contribution is -2.41. The van der Waals surface area contributed by atoms with Gasteiger partial charge in [-0.15, -0.1) is 6.58 Å². The number of carbonyl (C=O) groups excluding carboxylic acids is 3. The Bertz CT molecular complexity index is 1110. The molecule has 0 heterocycles. The van der Waals surface area contributed by atoms with Gasteiger partial charge in [-0.3, -0.25) is 14.8 Å². The molecule has 0 aliphatic heterocycles. The minimum atomic E-state index is -4.22. The van der Waals surface area contributed by atoms with Crippen molar-refractivity contribution in [1.82, 2.24) is 10.6 Å². The standard InChI is InChI=1S/C19H17ClFN3O6S/c1-2-9-22-19(27)23-17(25)11-30-18(26)12-3-8-15(20)16(10-12)31(28,29)24-14-6-4-13(21)5-7-14/h2-8,10,24H,1,9,11H2,(H2,22,23,25,27). The second-order valence-corrected chi connectivity index (χ2v) is 7.94. The molecule has 0 saturated heterocycles. The molecular formula is C19H17ClFN3O6S. The number of benzene rings is 2. The highest BCUT2D eigenvalue weighted by Gasteiger charge is 2.21. The third-order valence-corrected chi connectivity index (χ3v) is 5.41. The SMILES string of the molecule is C=CCNC(=O)NC(=O)COC(=O)c1ccc(Cl)c(S(=O)(=O)Nc2ccc(F)cc2)c1. The maximum Gasteiger partial charge on any atom is 0.338 e. The second-order valence-electron chi connectivity index (χ2n) is 5.88. The Hall–Kier alpha value is -3.44. The van der Waals surface area contributed by atoms with Crippen molar-refractivity contribution in [3.8, 4) is 0 Å². The van der Waals surface area contributed by atoms with Gasteiger partial charge in [-0.2, -0.15) is 0 Å². The van der Waals surface area contributed by atoms with Gasteiger partial charge < -0.3 is 10.1 Å². The van der Waals surface area contributed by atoms with Crippen LogP contribution < -0.4 is 15.4 Å². The number of esters is 1. The Morgan fingerprint density at radius 1 is 1.13 bits per heavy atom. The number of urea groups is 1. The molecule has 0 unspecified atom stereocenters. The molecule has 2 aromatic carbocycles. The van der Waals surface area contributed by atoms with Crippen LogP contribution in [0, 0.1) is 5.82 Å². The number of imide groups is 1. The third kappa shape index (κ3) is 7.08. The molecule has 0 bridgehead atoms. The minimum Gasteiger partial charge on any atom is -0.452 e. The molecule has 3 amide bonds. The Balaban J connectivity index is 2.08. The topological polar surface area (TPSA) is 131 Å². The van der Waals surface area contributed by atoms with Crippen LogP contribution in [-0.4, -0.2) is 39.5 Å². The van der Waals surface area contributed by atoms with E-state index >= 15 is 0 Å². The van der Waals surface area contributed by atoms with Crippen molar-refractivity contribution in [1.29, 1.82) is 0 Å². The van der Waals surface area contributed by atoms with Crippen molar-refractivity contribution in [2.75, 3.05) is 17.9 Å². The van der Waals surface area contributed by atoms with Crippen LogP contribution in [0.25, 0.3) is 0 Å². The van der Waals surface area contributed by atoms with Gasteiger partial charge in [-0.25, -0.2) is 22.4 Å². The highest BCUT2D eigenvalue weighted by atomic mass is 35.5. The normalized spacial score (nSPS) is 10.6. The Morgan fingerprint density at radius 2 is 1.81 bits per heavy atom. The maximum atomic E-state index is 13.0. The van der Waals surface area contributed by atoms with Gasteiger partial charge in [-0.05, 0) is 42.5 Å². The first-order chi connectivity index (χ1) is 14.6. The lowest BCUT2D eigenvalue weighted by Gasteiger charge is -2.11. The molecule has 0 aliphatic rings. The lowest BCUT2D eigenvalue weighted by molar-refractivity contribution is -0.123. The second kappa shape index (κ2) is 10.5. The average molecular weight is 470 g/mol. The van der Waals surface area contributed by atoms with E-state index in [-0.39, 0.29) is 22.8 Å². The summed E-state index contributed by atoms with van der Waals surface area (Å²) in [6, 6.07) is 7.09. The van der Waals surface area contributed by atoms with Crippen molar-refractivity contribution in [2.45, 2.75) is 4.90 Å². The summed E-state index contributed by atoms with van der Waals surface area (Å²) in [4.78, 5) is 34.7. The molecule has 2 rings (SSSR count). The molecule has 0 radical (unpaired) electrons. The number of sulfonamides is 1. The summed E-state index contributed by atoms with van der Waals surface area (Å²) in [5.74, 6) is -2.46. The van der Waals surface area contributed by atoms with Gasteiger partial charge in [0.1, 0.15) is 10.7 Å². The van der Waals surface area contributed by atoms with E-state index in [9.17, 15) is 27.2 Å². The monoisotopic (exact) mass is 469 g/mol. The molecule has 0 aliphatic carbocycles. The first-order valence-corrected chi connectivity index (χ1v) is 10.4. The zero-order valence-electron chi connectivity index (χ0n) is 15.9. The maximum absolute atomic E-state index is 13.0. The molecule has 0 aromatic heterocycles. The highest BCUT2D eigenvalue weighted by Crippen LogP contribution is 2.25. The molecule has 2 aromatic rings. The van der Waals surface area contributed by atoms with Gasteiger partial charge in [-0.1, -0.05) is 17.7 Å². The summed E-state index contributed by atoms with van der Waals surface area (Å²) in [7, 11) is -4.22. The van der Waals surface area contributed by atoms with E-state index in [4.69, 9.17) is 16.3 Å². The van der Waals surface area contributed by atoms with Crippen LogP contribution in [0.1, 0.15) is 10.4 Å². The predicted molar refractivity (Wildman–Crippen MR) is 111 cm³/mol. The fourth-order valence-electron chi connectivity index (χ4n) is 2.15. The van der Waals surface area contributed by atoms with Crippen LogP contribution in [0.4, 0.5) is 14.9 Å². The van der Waals surface area contributed by atoms with Gasteiger partial charge in [0.25, 0.3) is 15.9 Å². The van der Waals surface area contributed by atoms with E-state index in [1.54, 1.807) is 0 Å². The van der Waals surface area contributed by atoms with Crippen LogP contribution in [0.2, 0.25) is 5.02 Å². The van der Waals surface area contributed by atoms with E-state index in [2.05, 4.69) is 16.6 Å². The number of carbonyl (C=O) groups is 3. The van der Waals surface area contributed by atoms with Crippen molar-refractivity contribution < 1.29 is 31.9 Å². The Kier molecular flexibility index (Phi) is 8.11. The highest BCUT2D eigenvalue weighted by molar-refractivity contribution is 7.92. The molecule has 0 saturated carbocycles. The first kappa shape index (κ1) is 23.8. The van der Waals surface area contributed by atoms with E-state index < -0.39 is 45.3 Å². The van der Waals surface area contributed by atoms with E-state index in [1.165, 1.54) is 30.3 Å². The summed E-state index contributed by atoms with van der Waals surface area (Å²) >= 11 is 5.96. The summed E-state index contributed by atoms with van der Waals surface area (Å²) in [6.45, 7) is 2.75. The molecule has 12 heteroatoms.